The maximum atomic E-state index is 12.7. The number of hydrogen-bond acceptors (Lipinski definition) is 5. The Balaban J connectivity index is 1.68. The van der Waals surface area contributed by atoms with Gasteiger partial charge in [-0.3, -0.25) is 5.10 Å². The number of nitrogens with zero attached hydrogens (tertiary/aromatic N) is 5. The van der Waals surface area contributed by atoms with E-state index in [0.717, 1.165) is 32.3 Å². The van der Waals surface area contributed by atoms with Crippen LogP contribution in [-0.4, -0.2) is 36.1 Å². The number of H-pyrrole nitrogens is 1. The van der Waals surface area contributed by atoms with Gasteiger partial charge in [0.25, 0.3) is 0 Å². The van der Waals surface area contributed by atoms with Crippen LogP contribution in [-0.2, 0) is 6.54 Å². The minimum atomic E-state index is -0.407. The smallest absolute Gasteiger partial charge is 0.327 e. The average Bonchev–Trinajstić information content (AvgIpc) is 3.32. The second kappa shape index (κ2) is 7.20. The van der Waals surface area contributed by atoms with Gasteiger partial charge in [0, 0.05) is 23.7 Å². The number of pyridine rings is 1. The van der Waals surface area contributed by atoms with Crippen LogP contribution in [0.2, 0.25) is 0 Å². The lowest BCUT2D eigenvalue weighted by Crippen LogP contribution is -2.26. The van der Waals surface area contributed by atoms with Crippen molar-refractivity contribution in [3.63, 3.8) is 0 Å². The molecule has 0 aliphatic rings. The Bertz CT molecular complexity index is 1230. The summed E-state index contributed by atoms with van der Waals surface area (Å²) >= 11 is 0. The summed E-state index contributed by atoms with van der Waals surface area (Å²) in [4.78, 5) is 17.0. The zero-order valence-corrected chi connectivity index (χ0v) is 15.1. The van der Waals surface area contributed by atoms with Crippen molar-refractivity contribution in [3.8, 4) is 16.9 Å². The topological polar surface area (TPSA) is 107 Å². The second-order valence-electron chi connectivity index (χ2n) is 6.45. The molecule has 4 rings (SSSR count). The van der Waals surface area contributed by atoms with Crippen LogP contribution in [0.3, 0.4) is 0 Å². The molecule has 0 unspecified atom stereocenters. The predicted molar refractivity (Wildman–Crippen MR) is 104 cm³/mol. The third-order valence-corrected chi connectivity index (χ3v) is 4.56. The van der Waals surface area contributed by atoms with Crippen LogP contribution in [0.1, 0.15) is 5.56 Å². The van der Waals surface area contributed by atoms with Crippen molar-refractivity contribution in [1.29, 1.82) is 0 Å². The summed E-state index contributed by atoms with van der Waals surface area (Å²) in [6.07, 6.45) is 5.25. The van der Waals surface area contributed by atoms with E-state index in [2.05, 4.69) is 20.3 Å². The molecule has 3 aromatic heterocycles. The lowest BCUT2D eigenvalue weighted by molar-refractivity contribution is 0.612. The third kappa shape index (κ3) is 3.12. The number of halogens is 1. The lowest BCUT2D eigenvalue weighted by Gasteiger charge is -2.08. The second-order valence-corrected chi connectivity index (χ2v) is 6.45. The number of aromatic nitrogens is 6. The van der Waals surface area contributed by atoms with E-state index in [1.165, 1.54) is 10.9 Å². The van der Waals surface area contributed by atoms with Crippen LogP contribution in [0.4, 0.5) is 4.39 Å². The average molecular weight is 379 g/mol. The van der Waals surface area contributed by atoms with Crippen LogP contribution in [0, 0.1) is 6.92 Å². The molecule has 3 heterocycles. The first kappa shape index (κ1) is 17.8. The zero-order valence-electron chi connectivity index (χ0n) is 15.1. The van der Waals surface area contributed by atoms with Gasteiger partial charge in [-0.25, -0.2) is 23.4 Å². The maximum absolute atomic E-state index is 12.7. The molecule has 0 spiro atoms. The monoisotopic (exact) mass is 379 g/mol. The fraction of sp³-hybridized carbons (Fsp3) is 0.158. The highest BCUT2D eigenvalue weighted by atomic mass is 19.1. The molecule has 9 heteroatoms. The first-order valence-electron chi connectivity index (χ1n) is 8.64. The quantitative estimate of drug-likeness (QED) is 0.552. The van der Waals surface area contributed by atoms with Gasteiger partial charge in [0.05, 0.1) is 24.6 Å². The van der Waals surface area contributed by atoms with Gasteiger partial charge in [0.15, 0.2) is 0 Å². The van der Waals surface area contributed by atoms with E-state index >= 15 is 0 Å². The molecule has 0 saturated carbocycles. The molecule has 0 saturated heterocycles. The Labute approximate surface area is 159 Å². The van der Waals surface area contributed by atoms with Crippen molar-refractivity contribution in [3.05, 3.63) is 70.9 Å². The summed E-state index contributed by atoms with van der Waals surface area (Å²) in [5, 5.41) is 12.0. The van der Waals surface area contributed by atoms with Crippen LogP contribution < -0.4 is 11.4 Å². The van der Waals surface area contributed by atoms with Crippen LogP contribution in [0.5, 0.6) is 0 Å². The number of fused-ring (bicyclic) bond motifs is 1. The number of benzene rings is 1. The molecule has 0 radical (unpaired) electrons. The molecular formula is C19H18FN7O. The number of aromatic amines is 1. The minimum Gasteiger partial charge on any atom is -0.327 e. The van der Waals surface area contributed by atoms with Crippen molar-refractivity contribution in [1.82, 2.24) is 29.5 Å². The first-order chi connectivity index (χ1) is 13.6. The number of hydrogen-bond donors (Lipinski definition) is 2. The van der Waals surface area contributed by atoms with E-state index in [0.29, 0.717) is 12.1 Å². The number of nitrogens with two attached hydrogens (primary N) is 1. The van der Waals surface area contributed by atoms with E-state index in [9.17, 15) is 9.18 Å². The Morgan fingerprint density at radius 3 is 2.89 bits per heavy atom. The summed E-state index contributed by atoms with van der Waals surface area (Å²) in [5.74, 6) is 0.473. The molecule has 0 aliphatic heterocycles. The normalized spacial score (nSPS) is 12.0. The minimum absolute atomic E-state index is 0.000160. The van der Waals surface area contributed by atoms with Crippen molar-refractivity contribution >= 4 is 10.9 Å². The fourth-order valence-electron chi connectivity index (χ4n) is 3.02. The van der Waals surface area contributed by atoms with Crippen LogP contribution in [0.15, 0.2) is 59.7 Å². The summed E-state index contributed by atoms with van der Waals surface area (Å²) in [6, 6.07) is 7.94. The van der Waals surface area contributed by atoms with E-state index in [-0.39, 0.29) is 18.7 Å². The number of nitrogens with one attached hydrogen (secondary N) is 1. The van der Waals surface area contributed by atoms with Gasteiger partial charge in [-0.1, -0.05) is 12.1 Å². The summed E-state index contributed by atoms with van der Waals surface area (Å²) in [7, 11) is 0. The van der Waals surface area contributed by atoms with E-state index in [4.69, 9.17) is 5.73 Å². The Kier molecular flexibility index (Phi) is 4.58. The molecule has 0 bridgehead atoms. The van der Waals surface area contributed by atoms with E-state index < -0.39 is 5.69 Å². The first-order valence-corrected chi connectivity index (χ1v) is 8.64. The highest BCUT2D eigenvalue weighted by Gasteiger charge is 2.13. The van der Waals surface area contributed by atoms with Crippen LogP contribution >= 0.6 is 0 Å². The molecule has 0 atom stereocenters. The molecule has 1 aromatic carbocycles. The number of rotatable bonds is 5. The SMILES string of the molecule is Cc1cc(-c2ccc3cn[nH]c3c2)cnc1-n1cnn(C/C(=C/F)CN)c1=O. The lowest BCUT2D eigenvalue weighted by atomic mass is 10.0. The molecule has 8 nitrogen and oxygen atoms in total. The molecule has 4 aromatic rings. The largest absolute Gasteiger partial charge is 0.351 e. The van der Waals surface area contributed by atoms with Gasteiger partial charge in [-0.15, -0.1) is 0 Å². The van der Waals surface area contributed by atoms with Gasteiger partial charge >= 0.3 is 5.69 Å². The van der Waals surface area contributed by atoms with Crippen molar-refractivity contribution in [2.45, 2.75) is 13.5 Å². The van der Waals surface area contributed by atoms with Gasteiger partial charge in [-0.05, 0) is 35.8 Å². The summed E-state index contributed by atoms with van der Waals surface area (Å²) in [5.41, 5.74) is 8.97. The van der Waals surface area contributed by atoms with Gasteiger partial charge < -0.3 is 5.73 Å². The molecule has 142 valence electrons. The highest BCUT2D eigenvalue weighted by Crippen LogP contribution is 2.24. The Morgan fingerprint density at radius 2 is 2.14 bits per heavy atom. The van der Waals surface area contributed by atoms with Gasteiger partial charge in [0.2, 0.25) is 0 Å². The van der Waals surface area contributed by atoms with Crippen molar-refractivity contribution in [2.75, 3.05) is 6.54 Å². The van der Waals surface area contributed by atoms with Gasteiger partial charge in [-0.2, -0.15) is 10.2 Å². The fourth-order valence-corrected chi connectivity index (χ4v) is 3.02. The van der Waals surface area contributed by atoms with E-state index in [1.54, 1.807) is 12.4 Å². The van der Waals surface area contributed by atoms with Crippen molar-refractivity contribution in [2.24, 2.45) is 5.73 Å². The summed E-state index contributed by atoms with van der Waals surface area (Å²) < 4.78 is 15.2. The van der Waals surface area contributed by atoms with Gasteiger partial charge in [0.1, 0.15) is 12.1 Å². The van der Waals surface area contributed by atoms with E-state index in [1.807, 2.05) is 31.2 Å². The number of aryl methyl sites for hydroxylation is 1. The molecule has 0 aliphatic carbocycles. The standard InChI is InChI=1S/C19H18FN7O/c1-12-4-16(14-2-3-15-9-23-25-17(15)5-14)8-22-18(12)26-11-24-27(19(26)28)10-13(6-20)7-21/h2-6,8-9,11H,7,10,21H2,1H3,(H,23,25)/b13-6+. The molecule has 0 amide bonds. The Morgan fingerprint density at radius 1 is 1.29 bits per heavy atom. The molecule has 0 fully saturated rings. The Hall–Kier alpha value is -3.59. The van der Waals surface area contributed by atoms with Crippen LogP contribution in [0.25, 0.3) is 27.8 Å². The molecule has 3 N–H and O–H groups in total. The van der Waals surface area contributed by atoms with Crippen molar-refractivity contribution < 1.29 is 4.39 Å². The predicted octanol–water partition coefficient (Wildman–Crippen LogP) is 2.09. The zero-order chi connectivity index (χ0) is 19.7. The molecule has 28 heavy (non-hydrogen) atoms. The molecular weight excluding hydrogens is 361 g/mol. The summed E-state index contributed by atoms with van der Waals surface area (Å²) in [6.45, 7) is 1.89. The highest BCUT2D eigenvalue weighted by molar-refractivity contribution is 5.83. The maximum Gasteiger partial charge on any atom is 0.351 e. The third-order valence-electron chi connectivity index (χ3n) is 4.56.